The third-order valence-electron chi connectivity index (χ3n) is 5.44. The molecule has 0 saturated carbocycles. The smallest absolute Gasteiger partial charge is 0.335 e. The Hall–Kier alpha value is -4.43. The van der Waals surface area contributed by atoms with Crippen LogP contribution in [0.3, 0.4) is 0 Å². The number of amides is 3. The van der Waals surface area contributed by atoms with Crippen LogP contribution in [0.5, 0.6) is 0 Å². The first-order valence-corrected chi connectivity index (χ1v) is 10.9. The Kier molecular flexibility index (Phi) is 6.66. The van der Waals surface area contributed by atoms with Crippen LogP contribution in [0, 0.1) is 6.92 Å². The third kappa shape index (κ3) is 5.07. The Morgan fingerprint density at radius 2 is 1.57 bits per heavy atom. The fourth-order valence-electron chi connectivity index (χ4n) is 3.50. The maximum Gasteiger partial charge on any atom is 0.335 e. The summed E-state index contributed by atoms with van der Waals surface area (Å²) in [5, 5.41) is 14.4. The zero-order valence-corrected chi connectivity index (χ0v) is 19.3. The number of halogens is 1. The van der Waals surface area contributed by atoms with Gasteiger partial charge in [-0.15, -0.1) is 0 Å². The molecule has 1 aliphatic rings. The maximum absolute atomic E-state index is 13.0. The van der Waals surface area contributed by atoms with Crippen LogP contribution in [0.4, 0.5) is 11.4 Å². The fourth-order valence-corrected chi connectivity index (χ4v) is 3.73. The van der Waals surface area contributed by atoms with Gasteiger partial charge in [0, 0.05) is 16.9 Å². The highest BCUT2D eigenvalue weighted by Crippen LogP contribution is 2.29. The van der Waals surface area contributed by atoms with Gasteiger partial charge in [0.1, 0.15) is 10.7 Å². The molecule has 0 atom stereocenters. The Labute approximate surface area is 205 Å². The number of hydrogen-bond acceptors (Lipinski definition) is 5. The van der Waals surface area contributed by atoms with E-state index in [4.69, 9.17) is 16.7 Å². The molecule has 1 aliphatic heterocycles. The van der Waals surface area contributed by atoms with Crippen LogP contribution in [-0.4, -0.2) is 33.7 Å². The lowest BCUT2D eigenvalue weighted by atomic mass is 10.1. The molecule has 3 aromatic rings. The standard InChI is InChI=1S/C26H20ClN3O5/c1-15-7-8-18(23(31)28-19-11-9-17(10-12-19)26(34)35)13-20(15)29-22-21(27)24(32)30(25(22)33)14-16-5-3-2-4-6-16/h2-13,29H,14H2,1H3,(H,28,31)(H,34,35). The molecule has 3 aromatic carbocycles. The molecule has 4 rings (SSSR count). The van der Waals surface area contributed by atoms with Gasteiger partial charge in [-0.1, -0.05) is 48.0 Å². The van der Waals surface area contributed by atoms with E-state index in [1.54, 1.807) is 37.3 Å². The van der Waals surface area contributed by atoms with Crippen molar-refractivity contribution in [1.82, 2.24) is 4.90 Å². The maximum atomic E-state index is 13.0. The van der Waals surface area contributed by atoms with Gasteiger partial charge in [-0.05, 0) is 54.4 Å². The molecular weight excluding hydrogens is 470 g/mol. The summed E-state index contributed by atoms with van der Waals surface area (Å²) < 4.78 is 0. The number of hydrogen-bond donors (Lipinski definition) is 3. The second kappa shape index (κ2) is 9.82. The Balaban J connectivity index is 1.51. The Morgan fingerprint density at radius 1 is 0.914 bits per heavy atom. The predicted molar refractivity (Wildman–Crippen MR) is 131 cm³/mol. The average molecular weight is 490 g/mol. The first kappa shape index (κ1) is 23.7. The molecule has 1 heterocycles. The summed E-state index contributed by atoms with van der Waals surface area (Å²) in [5.41, 5.74) is 2.71. The second-order valence-electron chi connectivity index (χ2n) is 7.86. The van der Waals surface area contributed by atoms with Crippen molar-refractivity contribution >= 4 is 46.7 Å². The van der Waals surface area contributed by atoms with Gasteiger partial charge in [-0.25, -0.2) is 4.79 Å². The van der Waals surface area contributed by atoms with Gasteiger partial charge in [0.2, 0.25) is 0 Å². The molecule has 0 saturated heterocycles. The van der Waals surface area contributed by atoms with E-state index in [-0.39, 0.29) is 28.4 Å². The van der Waals surface area contributed by atoms with Gasteiger partial charge in [-0.2, -0.15) is 0 Å². The number of carbonyl (C=O) groups is 4. The second-order valence-corrected chi connectivity index (χ2v) is 8.24. The molecule has 8 nitrogen and oxygen atoms in total. The number of aryl methyl sites for hydroxylation is 1. The van der Waals surface area contributed by atoms with Crippen LogP contribution in [0.25, 0.3) is 0 Å². The summed E-state index contributed by atoms with van der Waals surface area (Å²) in [6.45, 7) is 1.87. The van der Waals surface area contributed by atoms with E-state index in [2.05, 4.69) is 10.6 Å². The van der Waals surface area contributed by atoms with Crippen LogP contribution < -0.4 is 10.6 Å². The van der Waals surface area contributed by atoms with E-state index < -0.39 is 23.7 Å². The van der Waals surface area contributed by atoms with Crippen molar-refractivity contribution in [3.05, 3.63) is 106 Å². The fraction of sp³-hybridized carbons (Fsp3) is 0.0769. The lowest BCUT2D eigenvalue weighted by molar-refractivity contribution is -0.138. The third-order valence-corrected chi connectivity index (χ3v) is 5.79. The number of carbonyl (C=O) groups excluding carboxylic acids is 3. The lowest BCUT2D eigenvalue weighted by Gasteiger charge is -2.16. The van der Waals surface area contributed by atoms with E-state index in [1.807, 2.05) is 18.2 Å². The number of anilines is 2. The SMILES string of the molecule is Cc1ccc(C(=O)Nc2ccc(C(=O)O)cc2)cc1NC1=C(Cl)C(=O)N(Cc2ccccc2)C1=O. The number of nitrogens with one attached hydrogen (secondary N) is 2. The molecule has 176 valence electrons. The van der Waals surface area contributed by atoms with Crippen molar-refractivity contribution in [3.63, 3.8) is 0 Å². The van der Waals surface area contributed by atoms with E-state index in [0.29, 0.717) is 11.4 Å². The number of benzene rings is 3. The highest BCUT2D eigenvalue weighted by atomic mass is 35.5. The minimum absolute atomic E-state index is 0.0579. The number of imide groups is 1. The lowest BCUT2D eigenvalue weighted by Crippen LogP contribution is -2.31. The zero-order chi connectivity index (χ0) is 25.1. The van der Waals surface area contributed by atoms with E-state index in [0.717, 1.165) is 16.0 Å². The van der Waals surface area contributed by atoms with Crippen molar-refractivity contribution in [2.45, 2.75) is 13.5 Å². The number of rotatable bonds is 7. The molecule has 3 amide bonds. The molecule has 0 aromatic heterocycles. The van der Waals surface area contributed by atoms with E-state index in [9.17, 15) is 19.2 Å². The number of carboxylic acids is 1. The van der Waals surface area contributed by atoms with E-state index in [1.165, 1.54) is 24.3 Å². The van der Waals surface area contributed by atoms with Crippen LogP contribution in [-0.2, 0) is 16.1 Å². The minimum Gasteiger partial charge on any atom is -0.478 e. The normalized spacial score (nSPS) is 13.3. The van der Waals surface area contributed by atoms with E-state index >= 15 is 0 Å². The van der Waals surface area contributed by atoms with Gasteiger partial charge >= 0.3 is 5.97 Å². The van der Waals surface area contributed by atoms with Crippen molar-refractivity contribution in [3.8, 4) is 0 Å². The predicted octanol–water partition coefficient (Wildman–Crippen LogP) is 4.38. The quantitative estimate of drug-likeness (QED) is 0.424. The van der Waals surface area contributed by atoms with Gasteiger partial charge in [0.25, 0.3) is 17.7 Å². The van der Waals surface area contributed by atoms with Gasteiger partial charge < -0.3 is 15.7 Å². The van der Waals surface area contributed by atoms with Crippen molar-refractivity contribution in [2.24, 2.45) is 0 Å². The summed E-state index contributed by atoms with van der Waals surface area (Å²) >= 11 is 6.22. The summed E-state index contributed by atoms with van der Waals surface area (Å²) in [5.74, 6) is -2.65. The molecule has 35 heavy (non-hydrogen) atoms. The van der Waals surface area contributed by atoms with Crippen LogP contribution in [0.2, 0.25) is 0 Å². The number of aromatic carboxylic acids is 1. The van der Waals surface area contributed by atoms with Crippen LogP contribution in [0.1, 0.15) is 31.8 Å². The van der Waals surface area contributed by atoms with Crippen LogP contribution in [0.15, 0.2) is 83.5 Å². The molecule has 0 fully saturated rings. The van der Waals surface area contributed by atoms with Crippen LogP contribution >= 0.6 is 11.6 Å². The summed E-state index contributed by atoms with van der Waals surface area (Å²) in [6, 6.07) is 19.7. The summed E-state index contributed by atoms with van der Waals surface area (Å²) in [7, 11) is 0. The average Bonchev–Trinajstić information content (AvgIpc) is 3.04. The molecule has 0 spiro atoms. The number of nitrogens with zero attached hydrogens (tertiary/aromatic N) is 1. The monoisotopic (exact) mass is 489 g/mol. The molecule has 3 N–H and O–H groups in total. The largest absolute Gasteiger partial charge is 0.478 e. The highest BCUT2D eigenvalue weighted by Gasteiger charge is 2.38. The molecule has 9 heteroatoms. The van der Waals surface area contributed by atoms with Gasteiger partial charge in [-0.3, -0.25) is 19.3 Å². The van der Waals surface area contributed by atoms with Crippen molar-refractivity contribution in [1.29, 1.82) is 0 Å². The van der Waals surface area contributed by atoms with Gasteiger partial charge in [0.15, 0.2) is 0 Å². The Morgan fingerprint density at radius 3 is 2.23 bits per heavy atom. The Bertz CT molecular complexity index is 1370. The molecular formula is C26H20ClN3O5. The summed E-state index contributed by atoms with van der Waals surface area (Å²) in [6.07, 6.45) is 0. The summed E-state index contributed by atoms with van der Waals surface area (Å²) in [4.78, 5) is 50.4. The first-order chi connectivity index (χ1) is 16.7. The minimum atomic E-state index is -1.06. The zero-order valence-electron chi connectivity index (χ0n) is 18.5. The van der Waals surface area contributed by atoms with Crippen molar-refractivity contribution in [2.75, 3.05) is 10.6 Å². The van der Waals surface area contributed by atoms with Crippen molar-refractivity contribution < 1.29 is 24.3 Å². The molecule has 0 bridgehead atoms. The molecule has 0 unspecified atom stereocenters. The first-order valence-electron chi connectivity index (χ1n) is 10.6. The molecule has 0 aliphatic carbocycles. The van der Waals surface area contributed by atoms with Gasteiger partial charge in [0.05, 0.1) is 12.1 Å². The molecule has 0 radical (unpaired) electrons. The highest BCUT2D eigenvalue weighted by molar-refractivity contribution is 6.48. The number of carboxylic acid groups (broad SMARTS) is 1. The topological polar surface area (TPSA) is 116 Å².